The second-order valence-corrected chi connectivity index (χ2v) is 4.91. The van der Waals surface area contributed by atoms with Gasteiger partial charge in [0.2, 0.25) is 5.89 Å². The molecule has 16 heavy (non-hydrogen) atoms. The summed E-state index contributed by atoms with van der Waals surface area (Å²) in [6.45, 7) is 3.04. The first-order valence-electron chi connectivity index (χ1n) is 5.33. The number of aromatic nitrogens is 2. The van der Waals surface area contributed by atoms with Gasteiger partial charge in [0.25, 0.3) is 5.89 Å². The maximum Gasteiger partial charge on any atom is 0.257 e. The Morgan fingerprint density at radius 2 is 2.25 bits per heavy atom. The highest BCUT2D eigenvalue weighted by atomic mass is 32.1. The minimum absolute atomic E-state index is 0.637. The molecule has 0 aliphatic heterocycles. The molecule has 2 heterocycles. The molecule has 0 bridgehead atoms. The van der Waals surface area contributed by atoms with Crippen molar-refractivity contribution >= 4 is 11.3 Å². The third-order valence-corrected chi connectivity index (χ3v) is 3.22. The molecule has 4 nitrogen and oxygen atoms in total. The second kappa shape index (κ2) is 5.23. The highest BCUT2D eigenvalue weighted by Crippen LogP contribution is 2.26. The molecule has 0 fully saturated rings. The van der Waals surface area contributed by atoms with Gasteiger partial charge >= 0.3 is 0 Å². The van der Waals surface area contributed by atoms with Crippen LogP contribution in [-0.2, 0) is 6.42 Å². The molecule has 86 valence electrons. The first-order valence-corrected chi connectivity index (χ1v) is 6.15. The zero-order valence-corrected chi connectivity index (χ0v) is 10.3. The summed E-state index contributed by atoms with van der Waals surface area (Å²) in [7, 11) is 1.94. The summed E-state index contributed by atoms with van der Waals surface area (Å²) >= 11 is 1.67. The SMILES string of the molecule is CNCCCc1nnc(-c2ccc(C)s2)o1. The molecular formula is C11H15N3OS. The van der Waals surface area contributed by atoms with E-state index in [2.05, 4.69) is 28.5 Å². The van der Waals surface area contributed by atoms with Crippen LogP contribution in [0.3, 0.4) is 0 Å². The number of thiophene rings is 1. The van der Waals surface area contributed by atoms with E-state index in [1.807, 2.05) is 13.1 Å². The predicted octanol–water partition coefficient (Wildman–Crippen LogP) is 2.26. The fourth-order valence-corrected chi connectivity index (χ4v) is 2.21. The van der Waals surface area contributed by atoms with Crippen LogP contribution >= 0.6 is 11.3 Å². The Kier molecular flexibility index (Phi) is 3.69. The fraction of sp³-hybridized carbons (Fsp3) is 0.455. The predicted molar refractivity (Wildman–Crippen MR) is 64.6 cm³/mol. The Bertz CT molecular complexity index is 450. The van der Waals surface area contributed by atoms with Gasteiger partial charge in [-0.1, -0.05) is 0 Å². The van der Waals surface area contributed by atoms with Gasteiger partial charge in [0.05, 0.1) is 4.88 Å². The summed E-state index contributed by atoms with van der Waals surface area (Å²) in [6.07, 6.45) is 1.85. The van der Waals surface area contributed by atoms with Gasteiger partial charge in [-0.15, -0.1) is 21.5 Å². The minimum Gasteiger partial charge on any atom is -0.420 e. The number of rotatable bonds is 5. The number of nitrogens with one attached hydrogen (secondary N) is 1. The van der Waals surface area contributed by atoms with E-state index in [4.69, 9.17) is 4.42 Å². The quantitative estimate of drug-likeness (QED) is 0.810. The first-order chi connectivity index (χ1) is 7.79. The Labute approximate surface area is 98.7 Å². The van der Waals surface area contributed by atoms with Crippen molar-refractivity contribution in [3.8, 4) is 10.8 Å². The smallest absolute Gasteiger partial charge is 0.257 e. The van der Waals surface area contributed by atoms with E-state index in [1.54, 1.807) is 11.3 Å². The van der Waals surface area contributed by atoms with Crippen molar-refractivity contribution in [2.45, 2.75) is 19.8 Å². The van der Waals surface area contributed by atoms with E-state index in [0.717, 1.165) is 30.2 Å². The van der Waals surface area contributed by atoms with Gasteiger partial charge in [-0.3, -0.25) is 0 Å². The molecule has 0 aromatic carbocycles. The largest absolute Gasteiger partial charge is 0.420 e. The molecule has 0 amide bonds. The van der Waals surface area contributed by atoms with Gasteiger partial charge in [-0.2, -0.15) is 0 Å². The number of hydrogen-bond acceptors (Lipinski definition) is 5. The summed E-state index contributed by atoms with van der Waals surface area (Å²) in [4.78, 5) is 2.30. The van der Waals surface area contributed by atoms with Crippen molar-refractivity contribution in [2.75, 3.05) is 13.6 Å². The number of hydrogen-bond donors (Lipinski definition) is 1. The molecule has 2 rings (SSSR count). The van der Waals surface area contributed by atoms with Crippen molar-refractivity contribution in [3.05, 3.63) is 22.9 Å². The summed E-state index contributed by atoms with van der Waals surface area (Å²) in [5.74, 6) is 1.36. The zero-order chi connectivity index (χ0) is 11.4. The second-order valence-electron chi connectivity index (χ2n) is 3.62. The van der Waals surface area contributed by atoms with Crippen LogP contribution in [0.15, 0.2) is 16.5 Å². The van der Waals surface area contributed by atoms with Gasteiger partial charge in [0, 0.05) is 11.3 Å². The standard InChI is InChI=1S/C11H15N3OS/c1-8-5-6-9(16-8)11-14-13-10(15-11)4-3-7-12-2/h5-6,12H,3-4,7H2,1-2H3. The van der Waals surface area contributed by atoms with Gasteiger partial charge in [-0.05, 0) is 39.1 Å². The number of aryl methyl sites for hydroxylation is 2. The van der Waals surface area contributed by atoms with Crippen LogP contribution in [0.2, 0.25) is 0 Å². The summed E-state index contributed by atoms with van der Waals surface area (Å²) in [6, 6.07) is 4.08. The van der Waals surface area contributed by atoms with Crippen molar-refractivity contribution in [1.29, 1.82) is 0 Å². The Morgan fingerprint density at radius 3 is 2.94 bits per heavy atom. The lowest BCUT2D eigenvalue weighted by Gasteiger charge is -1.94. The average molecular weight is 237 g/mol. The maximum atomic E-state index is 5.59. The normalized spacial score (nSPS) is 10.9. The van der Waals surface area contributed by atoms with Crippen molar-refractivity contribution in [3.63, 3.8) is 0 Å². The van der Waals surface area contributed by atoms with Gasteiger partial charge in [0.15, 0.2) is 0 Å². The van der Waals surface area contributed by atoms with E-state index in [9.17, 15) is 0 Å². The summed E-state index contributed by atoms with van der Waals surface area (Å²) < 4.78 is 5.59. The van der Waals surface area contributed by atoms with Crippen molar-refractivity contribution in [2.24, 2.45) is 0 Å². The zero-order valence-electron chi connectivity index (χ0n) is 9.49. The molecule has 0 saturated carbocycles. The van der Waals surface area contributed by atoms with Crippen LogP contribution in [0.4, 0.5) is 0 Å². The minimum atomic E-state index is 0.637. The molecule has 2 aromatic heterocycles. The van der Waals surface area contributed by atoms with Crippen LogP contribution < -0.4 is 5.32 Å². The van der Waals surface area contributed by atoms with Crippen LogP contribution in [0.1, 0.15) is 17.2 Å². The Morgan fingerprint density at radius 1 is 1.38 bits per heavy atom. The molecule has 1 N–H and O–H groups in total. The van der Waals surface area contributed by atoms with Gasteiger partial charge in [0.1, 0.15) is 0 Å². The van der Waals surface area contributed by atoms with Gasteiger partial charge in [-0.25, -0.2) is 0 Å². The highest BCUT2D eigenvalue weighted by Gasteiger charge is 2.09. The Balaban J connectivity index is 2.02. The fourth-order valence-electron chi connectivity index (χ4n) is 1.42. The van der Waals surface area contributed by atoms with Crippen molar-refractivity contribution in [1.82, 2.24) is 15.5 Å². The monoisotopic (exact) mass is 237 g/mol. The van der Waals surface area contributed by atoms with Crippen LogP contribution in [0.25, 0.3) is 10.8 Å². The lowest BCUT2D eigenvalue weighted by atomic mass is 10.3. The van der Waals surface area contributed by atoms with E-state index in [0.29, 0.717) is 5.89 Å². The molecule has 0 atom stereocenters. The molecule has 0 saturated heterocycles. The number of nitrogens with zero attached hydrogens (tertiary/aromatic N) is 2. The molecule has 5 heteroatoms. The average Bonchev–Trinajstić information content (AvgIpc) is 2.87. The van der Waals surface area contributed by atoms with E-state index < -0.39 is 0 Å². The first kappa shape index (κ1) is 11.3. The van der Waals surface area contributed by atoms with E-state index in [-0.39, 0.29) is 0 Å². The van der Waals surface area contributed by atoms with Gasteiger partial charge < -0.3 is 9.73 Å². The molecule has 0 unspecified atom stereocenters. The van der Waals surface area contributed by atoms with Crippen molar-refractivity contribution < 1.29 is 4.42 Å². The molecule has 0 aliphatic rings. The Hall–Kier alpha value is -1.20. The van der Waals surface area contributed by atoms with E-state index >= 15 is 0 Å². The highest BCUT2D eigenvalue weighted by molar-refractivity contribution is 7.15. The molecule has 0 radical (unpaired) electrons. The topological polar surface area (TPSA) is 51.0 Å². The third kappa shape index (κ3) is 2.68. The van der Waals surface area contributed by atoms with Crippen LogP contribution in [0.5, 0.6) is 0 Å². The third-order valence-electron chi connectivity index (χ3n) is 2.24. The summed E-state index contributed by atoms with van der Waals surface area (Å²) in [5, 5.41) is 11.2. The van der Waals surface area contributed by atoms with Crippen LogP contribution in [-0.4, -0.2) is 23.8 Å². The maximum absolute atomic E-state index is 5.59. The summed E-state index contributed by atoms with van der Waals surface area (Å²) in [5.41, 5.74) is 0. The molecule has 0 aliphatic carbocycles. The van der Waals surface area contributed by atoms with Crippen LogP contribution in [0, 0.1) is 6.92 Å². The lowest BCUT2D eigenvalue weighted by molar-refractivity contribution is 0.495. The molecular weight excluding hydrogens is 222 g/mol. The molecule has 0 spiro atoms. The van der Waals surface area contributed by atoms with E-state index in [1.165, 1.54) is 4.88 Å². The lowest BCUT2D eigenvalue weighted by Crippen LogP contribution is -2.08. The molecule has 2 aromatic rings.